The van der Waals surface area contributed by atoms with E-state index in [0.29, 0.717) is 0 Å². The van der Waals surface area contributed by atoms with Crippen molar-refractivity contribution in [2.75, 3.05) is 6.61 Å². The minimum Gasteiger partial charge on any atom is -0.266 e. The molecule has 0 aromatic heterocycles. The van der Waals surface area contributed by atoms with E-state index in [0.717, 1.165) is 24.3 Å². The van der Waals surface area contributed by atoms with Gasteiger partial charge in [0.25, 0.3) is 10.1 Å². The number of hydrogen-bond donors (Lipinski definition) is 0. The van der Waals surface area contributed by atoms with Crippen LogP contribution in [0.5, 0.6) is 0 Å². The van der Waals surface area contributed by atoms with Crippen molar-refractivity contribution in [1.29, 1.82) is 0 Å². The molecule has 1 rings (SSSR count). The lowest BCUT2D eigenvalue weighted by atomic mass is 9.93. The molecule has 17 heteroatoms. The molecular weight excluding hydrogens is 495 g/mol. The van der Waals surface area contributed by atoms with E-state index in [2.05, 4.69) is 4.18 Å². The van der Waals surface area contributed by atoms with Crippen LogP contribution in [0.3, 0.4) is 0 Å². The molecule has 0 saturated carbocycles. The second-order valence-electron chi connectivity index (χ2n) is 5.84. The van der Waals surface area contributed by atoms with Crippen LogP contribution in [0.15, 0.2) is 35.2 Å². The van der Waals surface area contributed by atoms with Crippen molar-refractivity contribution >= 4 is 10.1 Å². The van der Waals surface area contributed by atoms with Crippen molar-refractivity contribution < 1.29 is 69.7 Å². The number of rotatable bonds is 9. The van der Waals surface area contributed by atoms with Crippen molar-refractivity contribution in [2.45, 2.75) is 47.1 Å². The third-order valence-corrected chi connectivity index (χ3v) is 5.01. The van der Waals surface area contributed by atoms with E-state index in [4.69, 9.17) is 0 Å². The van der Waals surface area contributed by atoms with Gasteiger partial charge < -0.3 is 0 Å². The van der Waals surface area contributed by atoms with Crippen molar-refractivity contribution in [3.05, 3.63) is 30.3 Å². The predicted octanol–water partition coefficient (Wildman–Crippen LogP) is 5.52. The first-order valence-electron chi connectivity index (χ1n) is 7.46. The average Bonchev–Trinajstić information content (AvgIpc) is 2.60. The van der Waals surface area contributed by atoms with Crippen LogP contribution in [-0.2, 0) is 14.3 Å². The first-order valence-corrected chi connectivity index (χ1v) is 8.87. The molecule has 0 aliphatic rings. The van der Waals surface area contributed by atoms with Gasteiger partial charge in [-0.1, -0.05) is 18.2 Å². The van der Waals surface area contributed by atoms with Crippen LogP contribution in [0.1, 0.15) is 6.42 Å². The van der Waals surface area contributed by atoms with Gasteiger partial charge in [-0.25, -0.2) is 0 Å². The smallest absolute Gasteiger partial charge is 0.266 e. The molecule has 0 saturated heterocycles. The number of halogens is 13. The summed E-state index contributed by atoms with van der Waals surface area (Å²) in [6, 6.07) is 5.14. The molecule has 1 aromatic rings. The van der Waals surface area contributed by atoms with Gasteiger partial charge in [-0.2, -0.15) is 65.5 Å². The molecule has 0 heterocycles. The molecule has 31 heavy (non-hydrogen) atoms. The molecule has 0 amide bonds. The summed E-state index contributed by atoms with van der Waals surface area (Å²) in [4.78, 5) is -0.716. The predicted molar refractivity (Wildman–Crippen MR) is 75.0 cm³/mol. The Hall–Kier alpha value is -1.78. The van der Waals surface area contributed by atoms with Gasteiger partial charge in [-0.3, -0.25) is 4.18 Å². The highest BCUT2D eigenvalue weighted by atomic mass is 32.2. The van der Waals surface area contributed by atoms with E-state index < -0.39 is 63.8 Å². The Labute approximate surface area is 164 Å². The van der Waals surface area contributed by atoms with E-state index >= 15 is 0 Å². The third-order valence-electron chi connectivity index (χ3n) is 3.68. The molecule has 3 nitrogen and oxygen atoms in total. The van der Waals surface area contributed by atoms with Crippen LogP contribution in [-0.4, -0.2) is 50.8 Å². The molecule has 180 valence electrons. The zero-order valence-electron chi connectivity index (χ0n) is 14.3. The zero-order chi connectivity index (χ0) is 24.7. The van der Waals surface area contributed by atoms with Gasteiger partial charge in [0, 0.05) is 6.42 Å². The lowest BCUT2D eigenvalue weighted by Gasteiger charge is -2.39. The Morgan fingerprint density at radius 1 is 0.645 bits per heavy atom. The standard InChI is InChI=1S/C14H9F13O3S/c15-9(16,6-7-30-31(28,29)8-4-2-1-3-5-8)10(17,18)11(19,20)12(21,22)13(23,24)14(25,26)27/h1-5H,6-7H2. The van der Waals surface area contributed by atoms with Gasteiger partial charge in [0.15, 0.2) is 0 Å². The maximum Gasteiger partial charge on any atom is 0.460 e. The molecule has 0 N–H and O–H groups in total. The normalized spacial score (nSPS) is 15.3. The summed E-state index contributed by atoms with van der Waals surface area (Å²) in [5, 5.41) is 0. The van der Waals surface area contributed by atoms with E-state index in [1.54, 1.807) is 0 Å². The number of alkyl halides is 13. The fourth-order valence-corrected chi connectivity index (χ4v) is 2.82. The molecule has 0 spiro atoms. The highest BCUT2D eigenvalue weighted by Gasteiger charge is 2.90. The minimum atomic E-state index is -8.01. The summed E-state index contributed by atoms with van der Waals surface area (Å²) < 4.78 is 195. The van der Waals surface area contributed by atoms with Crippen LogP contribution in [0.25, 0.3) is 0 Å². The summed E-state index contributed by atoms with van der Waals surface area (Å²) in [6.07, 6.45) is -10.3. The summed E-state index contributed by atoms with van der Waals surface area (Å²) in [5.41, 5.74) is 0. The van der Waals surface area contributed by atoms with Crippen molar-refractivity contribution in [3.63, 3.8) is 0 Å². The highest BCUT2D eigenvalue weighted by molar-refractivity contribution is 7.86. The molecule has 0 fully saturated rings. The van der Waals surface area contributed by atoms with Gasteiger partial charge in [0.2, 0.25) is 0 Å². The van der Waals surface area contributed by atoms with Crippen LogP contribution < -0.4 is 0 Å². The zero-order valence-corrected chi connectivity index (χ0v) is 15.2. The summed E-state index contributed by atoms with van der Waals surface area (Å²) in [6.45, 7) is -2.04. The van der Waals surface area contributed by atoms with Crippen LogP contribution in [0.2, 0.25) is 0 Å². The Kier molecular flexibility index (Phi) is 7.01. The quantitative estimate of drug-likeness (QED) is 0.329. The Balaban J connectivity index is 3.14. The van der Waals surface area contributed by atoms with Crippen molar-refractivity contribution in [2.24, 2.45) is 0 Å². The molecular formula is C14H9F13O3S. The molecule has 0 aliphatic heterocycles. The fourth-order valence-electron chi connectivity index (χ4n) is 1.89. The summed E-state index contributed by atoms with van der Waals surface area (Å²) >= 11 is 0. The van der Waals surface area contributed by atoms with Gasteiger partial charge in [-0.05, 0) is 12.1 Å². The van der Waals surface area contributed by atoms with Gasteiger partial charge >= 0.3 is 35.8 Å². The van der Waals surface area contributed by atoms with Crippen molar-refractivity contribution in [1.82, 2.24) is 0 Å². The van der Waals surface area contributed by atoms with Gasteiger partial charge in [0.1, 0.15) is 0 Å². The Bertz CT molecular complexity index is 863. The largest absolute Gasteiger partial charge is 0.460 e. The summed E-state index contributed by atoms with van der Waals surface area (Å²) in [5.74, 6) is -37.7. The molecule has 0 unspecified atom stereocenters. The Morgan fingerprint density at radius 2 is 1.06 bits per heavy atom. The van der Waals surface area contributed by atoms with Crippen LogP contribution in [0, 0.1) is 0 Å². The van der Waals surface area contributed by atoms with E-state index in [1.807, 2.05) is 0 Å². The molecule has 0 aliphatic carbocycles. The molecule has 0 bridgehead atoms. The van der Waals surface area contributed by atoms with Crippen LogP contribution in [0.4, 0.5) is 57.1 Å². The molecule has 1 aromatic carbocycles. The second kappa shape index (κ2) is 7.97. The highest BCUT2D eigenvalue weighted by Crippen LogP contribution is 2.60. The maximum atomic E-state index is 13.5. The average molecular weight is 504 g/mol. The second-order valence-corrected chi connectivity index (χ2v) is 7.45. The summed E-state index contributed by atoms with van der Waals surface area (Å²) in [7, 11) is -4.92. The minimum absolute atomic E-state index is 0.716. The van der Waals surface area contributed by atoms with Crippen LogP contribution >= 0.6 is 0 Å². The molecule has 0 radical (unpaired) electrons. The van der Waals surface area contributed by atoms with E-state index in [9.17, 15) is 65.5 Å². The Morgan fingerprint density at radius 3 is 1.48 bits per heavy atom. The number of benzene rings is 1. The lowest BCUT2D eigenvalue weighted by molar-refractivity contribution is -0.440. The molecule has 0 atom stereocenters. The number of hydrogen-bond acceptors (Lipinski definition) is 3. The maximum absolute atomic E-state index is 13.5. The SMILES string of the molecule is O=S(=O)(OCCC(F)(F)C(F)(F)C(F)(F)C(F)(F)C(F)(F)C(F)(F)F)c1ccccc1. The first kappa shape index (κ1) is 27.3. The van der Waals surface area contributed by atoms with Crippen molar-refractivity contribution in [3.8, 4) is 0 Å². The lowest BCUT2D eigenvalue weighted by Crippen LogP contribution is -2.70. The topological polar surface area (TPSA) is 43.4 Å². The first-order chi connectivity index (χ1) is 13.6. The van der Waals surface area contributed by atoms with E-state index in [1.165, 1.54) is 6.07 Å². The monoisotopic (exact) mass is 504 g/mol. The third kappa shape index (κ3) is 4.56. The fraction of sp³-hybridized carbons (Fsp3) is 0.571. The van der Waals surface area contributed by atoms with Gasteiger partial charge in [0.05, 0.1) is 11.5 Å². The van der Waals surface area contributed by atoms with Gasteiger partial charge in [-0.15, -0.1) is 0 Å². The van der Waals surface area contributed by atoms with E-state index in [-0.39, 0.29) is 0 Å².